The van der Waals surface area contributed by atoms with Crippen LogP contribution in [0, 0.1) is 18.6 Å². The highest BCUT2D eigenvalue weighted by Gasteiger charge is 2.34. The van der Waals surface area contributed by atoms with Gasteiger partial charge in [-0.25, -0.2) is 23.7 Å². The van der Waals surface area contributed by atoms with Crippen LogP contribution in [-0.2, 0) is 4.79 Å². The van der Waals surface area contributed by atoms with Crippen LogP contribution in [0.4, 0.5) is 14.6 Å². The number of imidazole rings is 1. The first-order chi connectivity index (χ1) is 13.5. The third-order valence-electron chi connectivity index (χ3n) is 4.84. The van der Waals surface area contributed by atoms with Gasteiger partial charge in [-0.15, -0.1) is 0 Å². The van der Waals surface area contributed by atoms with Crippen LogP contribution in [0.25, 0.3) is 17.0 Å². The normalized spacial score (nSPS) is 16.2. The molecule has 1 aromatic carbocycles. The van der Waals surface area contributed by atoms with Crippen molar-refractivity contribution in [3.63, 3.8) is 0 Å². The number of hydrogen-bond acceptors (Lipinski definition) is 5. The Morgan fingerprint density at radius 3 is 2.89 bits per heavy atom. The number of aromatic nitrogens is 6. The van der Waals surface area contributed by atoms with Crippen LogP contribution in [0.3, 0.4) is 0 Å². The lowest BCUT2D eigenvalue weighted by atomic mass is 9.85. The number of nitrogens with one attached hydrogen (secondary N) is 2. The van der Waals surface area contributed by atoms with Crippen molar-refractivity contribution in [1.82, 2.24) is 29.7 Å². The van der Waals surface area contributed by atoms with Gasteiger partial charge >= 0.3 is 0 Å². The second-order valence-corrected chi connectivity index (χ2v) is 6.53. The molecule has 0 saturated carbocycles. The van der Waals surface area contributed by atoms with Gasteiger partial charge in [-0.05, 0) is 18.6 Å². The number of anilines is 1. The van der Waals surface area contributed by atoms with Crippen molar-refractivity contribution in [3.05, 3.63) is 59.3 Å². The van der Waals surface area contributed by atoms with Crippen LogP contribution >= 0.6 is 0 Å². The second kappa shape index (κ2) is 5.91. The van der Waals surface area contributed by atoms with Gasteiger partial charge in [0, 0.05) is 24.0 Å². The largest absolute Gasteiger partial charge is 0.340 e. The number of rotatable bonds is 2. The highest BCUT2D eigenvalue weighted by atomic mass is 19.1. The second-order valence-electron chi connectivity index (χ2n) is 6.53. The number of halogens is 2. The number of amides is 1. The molecule has 3 aromatic heterocycles. The molecule has 140 valence electrons. The van der Waals surface area contributed by atoms with E-state index in [1.165, 1.54) is 29.5 Å². The maximum atomic E-state index is 14.5. The van der Waals surface area contributed by atoms with Gasteiger partial charge in [0.15, 0.2) is 11.5 Å². The molecule has 0 radical (unpaired) electrons. The molecule has 1 aliphatic rings. The third kappa shape index (κ3) is 2.38. The summed E-state index contributed by atoms with van der Waals surface area (Å²) < 4.78 is 29.3. The Morgan fingerprint density at radius 1 is 1.21 bits per heavy atom. The fourth-order valence-electron chi connectivity index (χ4n) is 3.66. The van der Waals surface area contributed by atoms with Crippen molar-refractivity contribution < 1.29 is 13.6 Å². The topological polar surface area (TPSA) is 101 Å². The van der Waals surface area contributed by atoms with Gasteiger partial charge in [-0.1, -0.05) is 6.07 Å². The minimum absolute atomic E-state index is 0.0331. The van der Waals surface area contributed by atoms with Crippen LogP contribution in [0.2, 0.25) is 0 Å². The molecule has 0 bridgehead atoms. The van der Waals surface area contributed by atoms with Crippen molar-refractivity contribution in [2.24, 2.45) is 0 Å². The zero-order chi connectivity index (χ0) is 19.4. The molecule has 1 atom stereocenters. The third-order valence-corrected chi connectivity index (χ3v) is 4.84. The summed E-state index contributed by atoms with van der Waals surface area (Å²) in [6.45, 7) is 1.77. The van der Waals surface area contributed by atoms with Gasteiger partial charge in [0.25, 0.3) is 0 Å². The molecule has 1 amide bonds. The van der Waals surface area contributed by atoms with Gasteiger partial charge in [0.1, 0.15) is 29.3 Å². The fourth-order valence-corrected chi connectivity index (χ4v) is 3.66. The molecule has 10 heteroatoms. The van der Waals surface area contributed by atoms with Crippen molar-refractivity contribution in [3.8, 4) is 5.82 Å². The van der Waals surface area contributed by atoms with Gasteiger partial charge in [-0.3, -0.25) is 4.79 Å². The predicted molar refractivity (Wildman–Crippen MR) is 95.0 cm³/mol. The Morgan fingerprint density at radius 2 is 2.07 bits per heavy atom. The summed E-state index contributed by atoms with van der Waals surface area (Å²) in [4.78, 5) is 27.8. The van der Waals surface area contributed by atoms with E-state index < -0.39 is 17.6 Å². The molecule has 0 saturated heterocycles. The number of H-pyrrole nitrogens is 1. The number of aromatic amines is 1. The summed E-state index contributed by atoms with van der Waals surface area (Å²) >= 11 is 0. The number of hydrogen-bond donors (Lipinski definition) is 2. The van der Waals surface area contributed by atoms with Gasteiger partial charge in [-0.2, -0.15) is 9.78 Å². The Kier molecular flexibility index (Phi) is 3.48. The highest BCUT2D eigenvalue weighted by molar-refractivity contribution is 5.95. The summed E-state index contributed by atoms with van der Waals surface area (Å²) in [6, 6.07) is 3.37. The molecule has 0 spiro atoms. The number of fused-ring (bicyclic) bond motifs is 2. The number of nitrogens with zero attached hydrogens (tertiary/aromatic N) is 5. The first-order valence-electron chi connectivity index (χ1n) is 8.51. The predicted octanol–water partition coefficient (Wildman–Crippen LogP) is 2.60. The van der Waals surface area contributed by atoms with Crippen molar-refractivity contribution >= 4 is 22.9 Å². The summed E-state index contributed by atoms with van der Waals surface area (Å²) in [5.74, 6) is -1.44. The SMILES string of the molecule is Cc1nn(-c2ncnc3nc[nH]c23)c2c1C(c1ccc(F)cc1F)CC(=O)N2. The van der Waals surface area contributed by atoms with E-state index in [0.29, 0.717) is 34.1 Å². The molecule has 1 unspecified atom stereocenters. The summed E-state index contributed by atoms with van der Waals surface area (Å²) in [6.07, 6.45) is 2.87. The average Bonchev–Trinajstić information content (AvgIpc) is 3.26. The number of carbonyl (C=O) groups is 1. The van der Waals surface area contributed by atoms with Crippen LogP contribution in [0.1, 0.15) is 29.2 Å². The lowest BCUT2D eigenvalue weighted by molar-refractivity contribution is -0.116. The minimum Gasteiger partial charge on any atom is -0.340 e. The van der Waals surface area contributed by atoms with E-state index in [2.05, 4.69) is 30.4 Å². The van der Waals surface area contributed by atoms with Gasteiger partial charge < -0.3 is 10.3 Å². The monoisotopic (exact) mass is 381 g/mol. The highest BCUT2D eigenvalue weighted by Crippen LogP contribution is 2.41. The van der Waals surface area contributed by atoms with Crippen LogP contribution in [0.5, 0.6) is 0 Å². The van der Waals surface area contributed by atoms with Crippen LogP contribution < -0.4 is 5.32 Å². The average molecular weight is 381 g/mol. The zero-order valence-electron chi connectivity index (χ0n) is 14.6. The maximum absolute atomic E-state index is 14.5. The lowest BCUT2D eigenvalue weighted by Crippen LogP contribution is -2.25. The molecule has 0 aliphatic carbocycles. The standard InChI is InChI=1S/C18H13F2N7O/c1-8-14-11(10-3-2-9(19)4-12(10)20)5-13(28)25-17(14)27(26-8)18-15-16(22-6-21-15)23-7-24-18/h2-4,6-7,11H,5H2,1H3,(H,25,28)(H,21,22,23,24). The number of aryl methyl sites for hydroxylation is 1. The molecule has 2 N–H and O–H groups in total. The Hall–Kier alpha value is -3.69. The molecule has 8 nitrogen and oxygen atoms in total. The van der Waals surface area contributed by atoms with E-state index in [0.717, 1.165) is 6.07 Å². The fraction of sp³-hybridized carbons (Fsp3) is 0.167. The summed E-state index contributed by atoms with van der Waals surface area (Å²) in [5.41, 5.74) is 2.52. The molecular weight excluding hydrogens is 368 g/mol. The number of carbonyl (C=O) groups excluding carboxylic acids is 1. The van der Waals surface area contributed by atoms with Crippen LogP contribution in [-0.4, -0.2) is 35.6 Å². The van der Waals surface area contributed by atoms with E-state index in [9.17, 15) is 13.6 Å². The number of benzene rings is 1. The first-order valence-corrected chi connectivity index (χ1v) is 8.51. The quantitative estimate of drug-likeness (QED) is 0.556. The zero-order valence-corrected chi connectivity index (χ0v) is 14.6. The van der Waals surface area contributed by atoms with E-state index in [-0.39, 0.29) is 17.9 Å². The molecule has 28 heavy (non-hydrogen) atoms. The smallest absolute Gasteiger partial charge is 0.226 e. The molecule has 1 aliphatic heterocycles. The van der Waals surface area contributed by atoms with E-state index in [4.69, 9.17) is 0 Å². The molecule has 4 heterocycles. The minimum atomic E-state index is -0.698. The first kappa shape index (κ1) is 16.5. The van der Waals surface area contributed by atoms with Crippen LogP contribution in [0.15, 0.2) is 30.9 Å². The lowest BCUT2D eigenvalue weighted by Gasteiger charge is -2.24. The van der Waals surface area contributed by atoms with Gasteiger partial charge in [0.2, 0.25) is 5.91 Å². The summed E-state index contributed by atoms with van der Waals surface area (Å²) in [5, 5.41) is 7.32. The van der Waals surface area contributed by atoms with Gasteiger partial charge in [0.05, 0.1) is 12.0 Å². The van der Waals surface area contributed by atoms with Crippen molar-refractivity contribution in [2.45, 2.75) is 19.3 Å². The van der Waals surface area contributed by atoms with Crippen molar-refractivity contribution in [1.29, 1.82) is 0 Å². The molecule has 0 fully saturated rings. The van der Waals surface area contributed by atoms with E-state index in [1.807, 2.05) is 0 Å². The van der Waals surface area contributed by atoms with Crippen molar-refractivity contribution in [2.75, 3.05) is 5.32 Å². The van der Waals surface area contributed by atoms with E-state index >= 15 is 0 Å². The Bertz CT molecular complexity index is 1250. The van der Waals surface area contributed by atoms with E-state index in [1.54, 1.807) is 6.92 Å². The Balaban J connectivity index is 1.73. The maximum Gasteiger partial charge on any atom is 0.226 e. The Labute approximate surface area is 156 Å². The molecule has 4 aromatic rings. The molecular formula is C18H13F2N7O. The summed E-state index contributed by atoms with van der Waals surface area (Å²) in [7, 11) is 0. The molecule has 5 rings (SSSR count).